The van der Waals surface area contributed by atoms with Gasteiger partial charge in [0, 0.05) is 18.7 Å². The maximum atomic E-state index is 12.6. The summed E-state index contributed by atoms with van der Waals surface area (Å²) in [6.45, 7) is 1.84. The summed E-state index contributed by atoms with van der Waals surface area (Å²) in [6, 6.07) is 10.9. The van der Waals surface area contributed by atoms with Gasteiger partial charge in [-0.1, -0.05) is 22.4 Å². The van der Waals surface area contributed by atoms with E-state index in [1.807, 2.05) is 24.3 Å². The summed E-state index contributed by atoms with van der Waals surface area (Å²) in [5.74, 6) is 1.60. The second-order valence-electron chi connectivity index (χ2n) is 6.29. The van der Waals surface area contributed by atoms with Gasteiger partial charge < -0.3 is 19.1 Å². The molecule has 10 nitrogen and oxygen atoms in total. The van der Waals surface area contributed by atoms with Gasteiger partial charge in [0.2, 0.25) is 11.7 Å². The summed E-state index contributed by atoms with van der Waals surface area (Å²) in [4.78, 5) is 16.8. The SMILES string of the molecule is COc1cccc(-c2cc(C(=O)NCc3nc(-c4cc(C)on4)no3)n(C)n2)c1. The van der Waals surface area contributed by atoms with Crippen LogP contribution >= 0.6 is 0 Å². The lowest BCUT2D eigenvalue weighted by Crippen LogP contribution is -2.25. The van der Waals surface area contributed by atoms with E-state index < -0.39 is 0 Å². The highest BCUT2D eigenvalue weighted by Crippen LogP contribution is 2.23. The molecule has 1 amide bonds. The van der Waals surface area contributed by atoms with Crippen molar-refractivity contribution in [3.63, 3.8) is 0 Å². The molecule has 148 valence electrons. The van der Waals surface area contributed by atoms with Gasteiger partial charge in [0.15, 0.2) is 5.69 Å². The van der Waals surface area contributed by atoms with Crippen LogP contribution in [0.25, 0.3) is 22.8 Å². The van der Waals surface area contributed by atoms with Crippen molar-refractivity contribution in [3.8, 4) is 28.5 Å². The summed E-state index contributed by atoms with van der Waals surface area (Å²) in [7, 11) is 3.30. The fourth-order valence-corrected chi connectivity index (χ4v) is 2.75. The van der Waals surface area contributed by atoms with Crippen LogP contribution < -0.4 is 10.1 Å². The zero-order valence-electron chi connectivity index (χ0n) is 16.0. The molecular weight excluding hydrogens is 376 g/mol. The Kier molecular flexibility index (Phi) is 4.82. The van der Waals surface area contributed by atoms with Gasteiger partial charge in [-0.3, -0.25) is 9.48 Å². The summed E-state index contributed by atoms with van der Waals surface area (Å²) >= 11 is 0. The number of carbonyl (C=O) groups is 1. The number of carbonyl (C=O) groups excluding carboxylic acids is 1. The van der Waals surface area contributed by atoms with Gasteiger partial charge >= 0.3 is 0 Å². The molecule has 0 atom stereocenters. The van der Waals surface area contributed by atoms with Crippen molar-refractivity contribution in [1.82, 2.24) is 30.4 Å². The first-order chi connectivity index (χ1) is 14.0. The summed E-state index contributed by atoms with van der Waals surface area (Å²) in [5.41, 5.74) is 2.38. The van der Waals surface area contributed by atoms with Crippen molar-refractivity contribution in [2.24, 2.45) is 7.05 Å². The van der Waals surface area contributed by atoms with Crippen LogP contribution in [-0.2, 0) is 13.6 Å². The third-order valence-corrected chi connectivity index (χ3v) is 4.20. The monoisotopic (exact) mass is 394 g/mol. The smallest absolute Gasteiger partial charge is 0.269 e. The first-order valence-electron chi connectivity index (χ1n) is 8.76. The van der Waals surface area contributed by atoms with Crippen LogP contribution in [-0.4, -0.2) is 38.1 Å². The molecule has 0 aliphatic heterocycles. The van der Waals surface area contributed by atoms with Gasteiger partial charge in [0.05, 0.1) is 19.3 Å². The van der Waals surface area contributed by atoms with Crippen LogP contribution in [0.3, 0.4) is 0 Å². The van der Waals surface area contributed by atoms with Crippen LogP contribution in [0.4, 0.5) is 0 Å². The number of hydrogen-bond donors (Lipinski definition) is 1. The molecule has 0 spiro atoms. The van der Waals surface area contributed by atoms with E-state index in [1.54, 1.807) is 33.2 Å². The van der Waals surface area contributed by atoms with E-state index >= 15 is 0 Å². The first kappa shape index (κ1) is 18.4. The molecule has 10 heteroatoms. The van der Waals surface area contributed by atoms with Gasteiger partial charge in [-0.2, -0.15) is 10.1 Å². The second kappa shape index (κ2) is 7.58. The Morgan fingerprint density at radius 1 is 1.17 bits per heavy atom. The zero-order valence-corrected chi connectivity index (χ0v) is 16.0. The maximum Gasteiger partial charge on any atom is 0.269 e. The molecule has 1 aromatic carbocycles. The Balaban J connectivity index is 1.45. The molecule has 0 aliphatic carbocycles. The molecule has 0 fully saturated rings. The van der Waals surface area contributed by atoms with Crippen LogP contribution in [0.5, 0.6) is 5.75 Å². The van der Waals surface area contributed by atoms with E-state index in [4.69, 9.17) is 13.8 Å². The molecule has 0 bridgehead atoms. The van der Waals surface area contributed by atoms with Crippen LogP contribution in [0.2, 0.25) is 0 Å². The van der Waals surface area contributed by atoms with Crippen molar-refractivity contribution >= 4 is 5.91 Å². The Morgan fingerprint density at radius 3 is 2.79 bits per heavy atom. The lowest BCUT2D eigenvalue weighted by Gasteiger charge is -2.01. The van der Waals surface area contributed by atoms with Crippen molar-refractivity contribution < 1.29 is 18.6 Å². The largest absolute Gasteiger partial charge is 0.497 e. The Bertz CT molecular complexity index is 1160. The number of nitrogens with one attached hydrogen (secondary N) is 1. The Labute approximate surface area is 165 Å². The fraction of sp³-hybridized carbons (Fsp3) is 0.211. The molecule has 0 unspecified atom stereocenters. The van der Waals surface area contributed by atoms with E-state index in [1.165, 1.54) is 4.68 Å². The number of ether oxygens (including phenoxy) is 1. The number of methoxy groups -OCH3 is 1. The molecule has 0 aliphatic rings. The van der Waals surface area contributed by atoms with Gasteiger partial charge in [0.1, 0.15) is 17.2 Å². The highest BCUT2D eigenvalue weighted by Gasteiger charge is 2.17. The van der Waals surface area contributed by atoms with E-state index in [-0.39, 0.29) is 18.3 Å². The standard InChI is InChI=1S/C19H18N6O4/c1-11-7-15(23-28-11)18-21-17(29-24-18)10-20-19(26)16-9-14(22-25(16)2)12-5-4-6-13(8-12)27-3/h4-9H,10H2,1-3H3,(H,20,26). The van der Waals surface area contributed by atoms with E-state index in [9.17, 15) is 4.79 Å². The predicted octanol–water partition coefficient (Wildman–Crippen LogP) is 2.37. The normalized spacial score (nSPS) is 10.9. The lowest BCUT2D eigenvalue weighted by molar-refractivity contribution is 0.0937. The van der Waals surface area contributed by atoms with Crippen molar-refractivity contribution in [1.29, 1.82) is 0 Å². The minimum absolute atomic E-state index is 0.0718. The zero-order chi connectivity index (χ0) is 20.4. The molecule has 29 heavy (non-hydrogen) atoms. The fourth-order valence-electron chi connectivity index (χ4n) is 2.75. The number of hydrogen-bond acceptors (Lipinski definition) is 8. The summed E-state index contributed by atoms with van der Waals surface area (Å²) in [6.07, 6.45) is 0. The van der Waals surface area contributed by atoms with Crippen LogP contribution in [0.1, 0.15) is 22.1 Å². The Morgan fingerprint density at radius 2 is 2.03 bits per heavy atom. The third kappa shape index (κ3) is 3.86. The minimum atomic E-state index is -0.314. The number of benzene rings is 1. The van der Waals surface area contributed by atoms with Gasteiger partial charge in [-0.05, 0) is 25.1 Å². The average molecular weight is 394 g/mol. The number of nitrogens with zero attached hydrogens (tertiary/aromatic N) is 5. The molecule has 4 rings (SSSR count). The third-order valence-electron chi connectivity index (χ3n) is 4.20. The first-order valence-corrected chi connectivity index (χ1v) is 8.76. The minimum Gasteiger partial charge on any atom is -0.497 e. The van der Waals surface area contributed by atoms with Crippen LogP contribution in [0.15, 0.2) is 45.4 Å². The molecule has 4 aromatic rings. The summed E-state index contributed by atoms with van der Waals surface area (Å²) in [5, 5.41) is 14.8. The molecule has 1 N–H and O–H groups in total. The number of rotatable bonds is 6. The van der Waals surface area contributed by atoms with Crippen molar-refractivity contribution in [2.75, 3.05) is 7.11 Å². The van der Waals surface area contributed by atoms with E-state index in [0.29, 0.717) is 34.4 Å². The van der Waals surface area contributed by atoms with Gasteiger partial charge in [-0.25, -0.2) is 0 Å². The highest BCUT2D eigenvalue weighted by atomic mass is 16.5. The van der Waals surface area contributed by atoms with Gasteiger partial charge in [-0.15, -0.1) is 0 Å². The van der Waals surface area contributed by atoms with Gasteiger partial charge in [0.25, 0.3) is 5.91 Å². The van der Waals surface area contributed by atoms with Crippen LogP contribution in [0, 0.1) is 6.92 Å². The Hall–Kier alpha value is -3.95. The molecule has 3 heterocycles. The molecule has 0 radical (unpaired) electrons. The predicted molar refractivity (Wildman–Crippen MR) is 101 cm³/mol. The molecule has 0 saturated carbocycles. The van der Waals surface area contributed by atoms with Crippen molar-refractivity contribution in [2.45, 2.75) is 13.5 Å². The van der Waals surface area contributed by atoms with E-state index in [2.05, 4.69) is 25.7 Å². The molecule has 0 saturated heterocycles. The second-order valence-corrected chi connectivity index (χ2v) is 6.29. The molecule has 3 aromatic heterocycles. The topological polar surface area (TPSA) is 121 Å². The number of aromatic nitrogens is 5. The maximum absolute atomic E-state index is 12.6. The van der Waals surface area contributed by atoms with E-state index in [0.717, 1.165) is 5.56 Å². The number of amides is 1. The number of aryl methyl sites for hydroxylation is 2. The molecular formula is C19H18N6O4. The highest BCUT2D eigenvalue weighted by molar-refractivity contribution is 5.93. The lowest BCUT2D eigenvalue weighted by atomic mass is 10.1. The quantitative estimate of drug-likeness (QED) is 0.529. The average Bonchev–Trinajstić information content (AvgIpc) is 3.46. The summed E-state index contributed by atoms with van der Waals surface area (Å²) < 4.78 is 16.9. The van der Waals surface area contributed by atoms with Crippen molar-refractivity contribution in [3.05, 3.63) is 53.7 Å².